The summed E-state index contributed by atoms with van der Waals surface area (Å²) in [5, 5.41) is 9.26. The van der Waals surface area contributed by atoms with E-state index in [0.29, 0.717) is 31.4 Å². The van der Waals surface area contributed by atoms with Gasteiger partial charge in [0.1, 0.15) is 0 Å². The molecule has 1 aliphatic rings. The van der Waals surface area contributed by atoms with Crippen LogP contribution >= 0.6 is 0 Å². The van der Waals surface area contributed by atoms with Crippen LogP contribution in [0.2, 0.25) is 0 Å². The summed E-state index contributed by atoms with van der Waals surface area (Å²) in [6.07, 6.45) is -3.09. The van der Waals surface area contributed by atoms with Crippen molar-refractivity contribution in [2.75, 3.05) is 13.1 Å². The molecule has 2 atom stereocenters. The first-order chi connectivity index (χ1) is 11.6. The third-order valence-corrected chi connectivity index (χ3v) is 4.91. The van der Waals surface area contributed by atoms with E-state index >= 15 is 0 Å². The zero-order valence-corrected chi connectivity index (χ0v) is 14.3. The normalized spacial score (nSPS) is 22.0. The molecule has 1 aliphatic heterocycles. The highest BCUT2D eigenvalue weighted by Gasteiger charge is 2.43. The quantitative estimate of drug-likeness (QED) is 0.876. The molecule has 1 N–H and O–H groups in total. The smallest absolute Gasteiger partial charge is 0.416 e. The van der Waals surface area contributed by atoms with E-state index in [0.717, 1.165) is 12.1 Å². The minimum absolute atomic E-state index is 0.132. The summed E-state index contributed by atoms with van der Waals surface area (Å²) in [4.78, 5) is 25.5. The van der Waals surface area contributed by atoms with E-state index < -0.39 is 23.1 Å². The number of likely N-dealkylation sites (tertiary alicyclic amines) is 1. The van der Waals surface area contributed by atoms with Crippen LogP contribution in [0.25, 0.3) is 0 Å². The zero-order valence-electron chi connectivity index (χ0n) is 14.3. The third kappa shape index (κ3) is 4.32. The zero-order chi connectivity index (χ0) is 18.8. The van der Waals surface area contributed by atoms with Crippen LogP contribution in [0.1, 0.15) is 37.8 Å². The van der Waals surface area contributed by atoms with Gasteiger partial charge in [-0.25, -0.2) is 0 Å². The summed E-state index contributed by atoms with van der Waals surface area (Å²) in [5.74, 6) is -1.42. The van der Waals surface area contributed by atoms with Crippen LogP contribution in [0.5, 0.6) is 0 Å². The number of hydrogen-bond donors (Lipinski definition) is 1. The van der Waals surface area contributed by atoms with Crippen LogP contribution in [-0.2, 0) is 22.2 Å². The van der Waals surface area contributed by atoms with Crippen molar-refractivity contribution >= 4 is 11.9 Å². The molecular formula is C18H22F3NO3. The molecule has 2 unspecified atom stereocenters. The predicted molar refractivity (Wildman–Crippen MR) is 85.9 cm³/mol. The molecule has 1 amide bonds. The fraction of sp³-hybridized carbons (Fsp3) is 0.556. The Morgan fingerprint density at radius 3 is 2.32 bits per heavy atom. The first-order valence-corrected chi connectivity index (χ1v) is 8.25. The number of nitrogens with zero attached hydrogens (tertiary/aromatic N) is 1. The molecule has 0 spiro atoms. The van der Waals surface area contributed by atoms with Crippen LogP contribution in [0, 0.1) is 11.3 Å². The minimum Gasteiger partial charge on any atom is -0.481 e. The van der Waals surface area contributed by atoms with Crippen molar-refractivity contribution in [3.8, 4) is 0 Å². The summed E-state index contributed by atoms with van der Waals surface area (Å²) in [6, 6.07) is 4.82. The van der Waals surface area contributed by atoms with E-state index in [1.54, 1.807) is 11.8 Å². The van der Waals surface area contributed by atoms with Gasteiger partial charge >= 0.3 is 12.1 Å². The van der Waals surface area contributed by atoms with E-state index in [-0.39, 0.29) is 18.4 Å². The van der Waals surface area contributed by atoms with Crippen LogP contribution < -0.4 is 0 Å². The number of carboxylic acids is 1. The average Bonchev–Trinajstić information content (AvgIpc) is 2.95. The lowest BCUT2D eigenvalue weighted by molar-refractivity contribution is -0.147. The highest BCUT2D eigenvalue weighted by Crippen LogP contribution is 2.32. The molecule has 0 aromatic heterocycles. The summed E-state index contributed by atoms with van der Waals surface area (Å²) in [6.45, 7) is 4.04. The van der Waals surface area contributed by atoms with Gasteiger partial charge in [-0.1, -0.05) is 19.1 Å². The van der Waals surface area contributed by atoms with Crippen molar-refractivity contribution in [1.29, 1.82) is 0 Å². The van der Waals surface area contributed by atoms with Gasteiger partial charge in [-0.05, 0) is 43.9 Å². The van der Waals surface area contributed by atoms with Crippen LogP contribution in [0.4, 0.5) is 13.2 Å². The standard InChI is InChI=1S/C18H22F3NO3/c1-3-13(10-12-4-6-14(7-5-12)18(19,20)21)15(23)22-9-8-17(2,11-22)16(24)25/h4-7,13H,3,8-11H2,1-2H3,(H,24,25). The predicted octanol–water partition coefficient (Wildman–Crippen LogP) is 3.60. The highest BCUT2D eigenvalue weighted by atomic mass is 19.4. The molecule has 0 radical (unpaired) electrons. The van der Waals surface area contributed by atoms with Crippen LogP contribution in [0.3, 0.4) is 0 Å². The van der Waals surface area contributed by atoms with Crippen molar-refractivity contribution in [1.82, 2.24) is 4.90 Å². The van der Waals surface area contributed by atoms with Crippen LogP contribution in [-0.4, -0.2) is 35.0 Å². The molecule has 0 aliphatic carbocycles. The maximum atomic E-state index is 12.7. The fourth-order valence-corrected chi connectivity index (χ4v) is 3.10. The Morgan fingerprint density at radius 1 is 1.28 bits per heavy atom. The lowest BCUT2D eigenvalue weighted by Gasteiger charge is -2.24. The molecule has 1 aromatic rings. The molecule has 0 bridgehead atoms. The molecular weight excluding hydrogens is 335 g/mol. The van der Waals surface area contributed by atoms with E-state index in [2.05, 4.69) is 0 Å². The lowest BCUT2D eigenvalue weighted by atomic mass is 9.90. The lowest BCUT2D eigenvalue weighted by Crippen LogP contribution is -2.38. The largest absolute Gasteiger partial charge is 0.481 e. The maximum Gasteiger partial charge on any atom is 0.416 e. The maximum absolute atomic E-state index is 12.7. The molecule has 138 valence electrons. The van der Waals surface area contributed by atoms with Gasteiger partial charge in [0.05, 0.1) is 11.0 Å². The Kier molecular flexibility index (Phi) is 5.44. The Balaban J connectivity index is 2.05. The number of carbonyl (C=O) groups is 2. The van der Waals surface area contributed by atoms with Gasteiger partial charge in [-0.15, -0.1) is 0 Å². The number of alkyl halides is 3. The van der Waals surface area contributed by atoms with Crippen molar-refractivity contribution < 1.29 is 27.9 Å². The highest BCUT2D eigenvalue weighted by molar-refractivity contribution is 5.82. The Labute approximate surface area is 144 Å². The average molecular weight is 357 g/mol. The monoisotopic (exact) mass is 357 g/mol. The van der Waals surface area contributed by atoms with E-state index in [9.17, 15) is 27.9 Å². The van der Waals surface area contributed by atoms with Crippen molar-refractivity contribution in [2.24, 2.45) is 11.3 Å². The van der Waals surface area contributed by atoms with Gasteiger partial charge in [0.2, 0.25) is 5.91 Å². The number of aliphatic carboxylic acids is 1. The summed E-state index contributed by atoms with van der Waals surface area (Å²) in [7, 11) is 0. The first kappa shape index (κ1) is 19.3. The summed E-state index contributed by atoms with van der Waals surface area (Å²) >= 11 is 0. The van der Waals surface area contributed by atoms with Gasteiger partial charge in [0, 0.05) is 19.0 Å². The second-order valence-corrected chi connectivity index (χ2v) is 6.88. The van der Waals surface area contributed by atoms with Crippen molar-refractivity contribution in [2.45, 2.75) is 39.3 Å². The van der Waals surface area contributed by atoms with E-state index in [4.69, 9.17) is 0 Å². The summed E-state index contributed by atoms with van der Waals surface area (Å²) in [5.41, 5.74) is -0.983. The summed E-state index contributed by atoms with van der Waals surface area (Å²) < 4.78 is 37.8. The van der Waals surface area contributed by atoms with Gasteiger partial charge in [0.25, 0.3) is 0 Å². The third-order valence-electron chi connectivity index (χ3n) is 4.91. The van der Waals surface area contributed by atoms with Crippen molar-refractivity contribution in [3.63, 3.8) is 0 Å². The Morgan fingerprint density at radius 2 is 1.88 bits per heavy atom. The molecule has 0 saturated carbocycles. The minimum atomic E-state index is -4.38. The van der Waals surface area contributed by atoms with Gasteiger partial charge in [-0.2, -0.15) is 13.2 Å². The first-order valence-electron chi connectivity index (χ1n) is 8.25. The molecule has 2 rings (SSSR count). The van der Waals surface area contributed by atoms with Crippen LogP contribution in [0.15, 0.2) is 24.3 Å². The Bertz CT molecular complexity index is 642. The molecule has 4 nitrogen and oxygen atoms in total. The number of benzene rings is 1. The Hall–Kier alpha value is -2.05. The van der Waals surface area contributed by atoms with Crippen molar-refractivity contribution in [3.05, 3.63) is 35.4 Å². The van der Waals surface area contributed by atoms with E-state index in [1.807, 2.05) is 6.92 Å². The number of carbonyl (C=O) groups excluding carboxylic acids is 1. The molecule has 1 fully saturated rings. The van der Waals surface area contributed by atoms with Gasteiger partial charge < -0.3 is 10.0 Å². The van der Waals surface area contributed by atoms with Gasteiger partial charge in [0.15, 0.2) is 0 Å². The number of carboxylic acid groups (broad SMARTS) is 1. The molecule has 1 saturated heterocycles. The SMILES string of the molecule is CCC(Cc1ccc(C(F)(F)F)cc1)C(=O)N1CCC(C)(C(=O)O)C1. The fourth-order valence-electron chi connectivity index (χ4n) is 3.10. The number of amides is 1. The number of rotatable bonds is 5. The molecule has 1 aromatic carbocycles. The number of halogens is 3. The molecule has 25 heavy (non-hydrogen) atoms. The second-order valence-electron chi connectivity index (χ2n) is 6.88. The topological polar surface area (TPSA) is 57.6 Å². The van der Waals surface area contributed by atoms with E-state index in [1.165, 1.54) is 12.1 Å². The molecule has 7 heteroatoms. The number of hydrogen-bond acceptors (Lipinski definition) is 2. The van der Waals surface area contributed by atoms with Gasteiger partial charge in [-0.3, -0.25) is 9.59 Å². The molecule has 1 heterocycles. The second kappa shape index (κ2) is 7.06.